The number of fused-ring (bicyclic) bond motifs is 1. The number of halogens is 1. The van der Waals surface area contributed by atoms with Gasteiger partial charge in [-0.2, -0.15) is 5.10 Å². The summed E-state index contributed by atoms with van der Waals surface area (Å²) in [6.45, 7) is 0.919. The van der Waals surface area contributed by atoms with Crippen molar-refractivity contribution in [2.24, 2.45) is 0 Å². The fourth-order valence-electron chi connectivity index (χ4n) is 3.21. The summed E-state index contributed by atoms with van der Waals surface area (Å²) >= 11 is 2.11. The second-order valence-corrected chi connectivity index (χ2v) is 8.10. The summed E-state index contributed by atoms with van der Waals surface area (Å²) in [5, 5.41) is 18.2. The van der Waals surface area contributed by atoms with Crippen LogP contribution < -0.4 is 10.9 Å². The van der Waals surface area contributed by atoms with Crippen molar-refractivity contribution in [3.8, 4) is 0 Å². The lowest BCUT2D eigenvalue weighted by atomic mass is 10.2. The molecule has 10 nitrogen and oxygen atoms in total. The third kappa shape index (κ3) is 4.51. The first-order chi connectivity index (χ1) is 15.4. The van der Waals surface area contributed by atoms with Gasteiger partial charge in [-0.3, -0.25) is 24.3 Å². The molecule has 32 heavy (non-hydrogen) atoms. The number of hydrogen-bond donors (Lipinski definition) is 1. The SMILES string of the molecule is O=C(NCCn1ncc2c(=O)n(Cc3ccc([N+](=O)[O-])cc3)cnc21)c1ccccc1I. The van der Waals surface area contributed by atoms with E-state index in [0.29, 0.717) is 29.7 Å². The Morgan fingerprint density at radius 2 is 1.91 bits per heavy atom. The second kappa shape index (κ2) is 9.26. The highest BCUT2D eigenvalue weighted by Crippen LogP contribution is 2.13. The number of carbonyl (C=O) groups excluding carboxylic acids is 1. The van der Waals surface area contributed by atoms with Crippen molar-refractivity contribution in [3.05, 3.63) is 96.2 Å². The third-order valence-electron chi connectivity index (χ3n) is 4.85. The van der Waals surface area contributed by atoms with Crippen LogP contribution in [0.2, 0.25) is 0 Å². The second-order valence-electron chi connectivity index (χ2n) is 6.94. The lowest BCUT2D eigenvalue weighted by molar-refractivity contribution is -0.384. The van der Waals surface area contributed by atoms with Crippen LogP contribution in [0.4, 0.5) is 5.69 Å². The highest BCUT2D eigenvalue weighted by Gasteiger charge is 2.12. The van der Waals surface area contributed by atoms with E-state index in [1.165, 1.54) is 29.2 Å². The van der Waals surface area contributed by atoms with E-state index in [1.54, 1.807) is 22.9 Å². The molecule has 11 heteroatoms. The molecule has 1 N–H and O–H groups in total. The fourth-order valence-corrected chi connectivity index (χ4v) is 3.84. The maximum Gasteiger partial charge on any atom is 0.269 e. The average Bonchev–Trinajstić information content (AvgIpc) is 3.20. The highest BCUT2D eigenvalue weighted by atomic mass is 127. The maximum atomic E-state index is 12.8. The molecular weight excluding hydrogens is 527 g/mol. The Kier molecular flexibility index (Phi) is 6.25. The molecule has 0 fully saturated rings. The molecular formula is C21H17IN6O4. The monoisotopic (exact) mass is 544 g/mol. The van der Waals surface area contributed by atoms with E-state index >= 15 is 0 Å². The van der Waals surface area contributed by atoms with Crippen LogP contribution in [0.15, 0.2) is 65.8 Å². The summed E-state index contributed by atoms with van der Waals surface area (Å²) in [5.41, 5.74) is 1.50. The van der Waals surface area contributed by atoms with E-state index in [0.717, 1.165) is 9.13 Å². The molecule has 0 spiro atoms. The molecule has 0 saturated heterocycles. The van der Waals surface area contributed by atoms with Crippen LogP contribution in [0.1, 0.15) is 15.9 Å². The predicted octanol–water partition coefficient (Wildman–Crippen LogP) is 2.58. The number of carbonyl (C=O) groups is 1. The minimum absolute atomic E-state index is 0.00924. The normalized spacial score (nSPS) is 10.9. The molecule has 0 aliphatic heterocycles. The van der Waals surface area contributed by atoms with E-state index in [1.807, 2.05) is 18.2 Å². The standard InChI is InChI=1S/C21H17IN6O4/c22-18-4-2-1-3-16(18)20(29)23-9-10-27-19-17(11-25-27)21(30)26(13-24-19)12-14-5-7-15(8-6-14)28(31)32/h1-8,11,13H,9-10,12H2,(H,23,29). The van der Waals surface area contributed by atoms with E-state index in [2.05, 4.69) is 38.0 Å². The molecule has 4 aromatic rings. The topological polar surface area (TPSA) is 125 Å². The van der Waals surface area contributed by atoms with Gasteiger partial charge < -0.3 is 5.32 Å². The van der Waals surface area contributed by atoms with Crippen LogP contribution in [-0.2, 0) is 13.1 Å². The number of hydrogen-bond acceptors (Lipinski definition) is 6. The number of amides is 1. The zero-order valence-electron chi connectivity index (χ0n) is 16.6. The van der Waals surface area contributed by atoms with E-state index in [-0.39, 0.29) is 23.7 Å². The molecule has 0 unspecified atom stereocenters. The number of benzene rings is 2. The molecule has 2 heterocycles. The molecule has 0 aliphatic rings. The minimum atomic E-state index is -0.471. The fraction of sp³-hybridized carbons (Fsp3) is 0.143. The largest absolute Gasteiger partial charge is 0.350 e. The molecule has 2 aromatic carbocycles. The quantitative estimate of drug-likeness (QED) is 0.217. The first-order valence-electron chi connectivity index (χ1n) is 9.61. The zero-order valence-corrected chi connectivity index (χ0v) is 18.8. The van der Waals surface area contributed by atoms with Crippen molar-refractivity contribution in [1.29, 1.82) is 0 Å². The number of nitrogens with zero attached hydrogens (tertiary/aromatic N) is 5. The van der Waals surface area contributed by atoms with Gasteiger partial charge in [0.05, 0.1) is 29.8 Å². The van der Waals surface area contributed by atoms with Gasteiger partial charge in [-0.05, 0) is 40.3 Å². The Morgan fingerprint density at radius 3 is 2.62 bits per heavy atom. The maximum absolute atomic E-state index is 12.8. The number of rotatable bonds is 7. The predicted molar refractivity (Wildman–Crippen MR) is 125 cm³/mol. The van der Waals surface area contributed by atoms with E-state index in [4.69, 9.17) is 0 Å². The van der Waals surface area contributed by atoms with Crippen LogP contribution in [0, 0.1) is 13.7 Å². The molecule has 162 valence electrons. The van der Waals surface area contributed by atoms with Crippen LogP contribution >= 0.6 is 22.6 Å². The Hall–Kier alpha value is -3.61. The summed E-state index contributed by atoms with van der Waals surface area (Å²) in [5.74, 6) is -0.176. The summed E-state index contributed by atoms with van der Waals surface area (Å²) in [4.78, 5) is 39.8. The molecule has 0 atom stereocenters. The van der Waals surface area contributed by atoms with Gasteiger partial charge in [0.15, 0.2) is 5.65 Å². The van der Waals surface area contributed by atoms with Crippen molar-refractivity contribution in [2.45, 2.75) is 13.1 Å². The molecule has 4 rings (SSSR count). The first kappa shape index (κ1) is 21.6. The molecule has 0 radical (unpaired) electrons. The van der Waals surface area contributed by atoms with Gasteiger partial charge in [-0.1, -0.05) is 24.3 Å². The molecule has 0 aliphatic carbocycles. The summed E-state index contributed by atoms with van der Waals surface area (Å²) in [7, 11) is 0. The van der Waals surface area contributed by atoms with Crippen molar-refractivity contribution < 1.29 is 9.72 Å². The Labute approximate surface area is 195 Å². The van der Waals surface area contributed by atoms with Gasteiger partial charge in [0, 0.05) is 22.2 Å². The minimum Gasteiger partial charge on any atom is -0.350 e. The molecule has 2 aromatic heterocycles. The lowest BCUT2D eigenvalue weighted by Crippen LogP contribution is -2.28. The number of non-ortho nitro benzene ring substituents is 1. The Bertz CT molecular complexity index is 1360. The molecule has 1 amide bonds. The zero-order chi connectivity index (χ0) is 22.7. The number of aromatic nitrogens is 4. The van der Waals surface area contributed by atoms with Crippen molar-refractivity contribution in [3.63, 3.8) is 0 Å². The van der Waals surface area contributed by atoms with Crippen LogP contribution in [0.5, 0.6) is 0 Å². The number of nitro groups is 1. The molecule has 0 bridgehead atoms. The van der Waals surface area contributed by atoms with E-state index < -0.39 is 4.92 Å². The van der Waals surface area contributed by atoms with Crippen molar-refractivity contribution in [1.82, 2.24) is 24.6 Å². The van der Waals surface area contributed by atoms with Gasteiger partial charge in [0.25, 0.3) is 17.2 Å². The van der Waals surface area contributed by atoms with Crippen LogP contribution in [-0.4, -0.2) is 36.7 Å². The number of nitro benzene ring substituents is 1. The smallest absolute Gasteiger partial charge is 0.269 e. The number of nitrogens with one attached hydrogen (secondary N) is 1. The van der Waals surface area contributed by atoms with Crippen LogP contribution in [0.25, 0.3) is 11.0 Å². The first-order valence-corrected chi connectivity index (χ1v) is 10.7. The van der Waals surface area contributed by atoms with Gasteiger partial charge in [0.1, 0.15) is 11.7 Å². The highest BCUT2D eigenvalue weighted by molar-refractivity contribution is 14.1. The molecule has 0 saturated carbocycles. The lowest BCUT2D eigenvalue weighted by Gasteiger charge is -2.08. The van der Waals surface area contributed by atoms with Gasteiger partial charge in [-0.25, -0.2) is 9.67 Å². The Balaban J connectivity index is 1.45. The van der Waals surface area contributed by atoms with Crippen LogP contribution in [0.3, 0.4) is 0 Å². The van der Waals surface area contributed by atoms with Gasteiger partial charge >= 0.3 is 0 Å². The Morgan fingerprint density at radius 1 is 1.16 bits per heavy atom. The van der Waals surface area contributed by atoms with Crippen molar-refractivity contribution in [2.75, 3.05) is 6.54 Å². The van der Waals surface area contributed by atoms with E-state index in [9.17, 15) is 19.7 Å². The summed E-state index contributed by atoms with van der Waals surface area (Å²) in [6.07, 6.45) is 2.88. The van der Waals surface area contributed by atoms with Gasteiger partial charge in [0.2, 0.25) is 0 Å². The van der Waals surface area contributed by atoms with Crippen molar-refractivity contribution >= 4 is 45.2 Å². The summed E-state index contributed by atoms with van der Waals surface area (Å²) < 4.78 is 3.86. The summed E-state index contributed by atoms with van der Waals surface area (Å²) in [6, 6.07) is 13.3. The van der Waals surface area contributed by atoms with Gasteiger partial charge in [-0.15, -0.1) is 0 Å². The third-order valence-corrected chi connectivity index (χ3v) is 5.79. The average molecular weight is 544 g/mol.